The third kappa shape index (κ3) is 10.7. The molecule has 0 unspecified atom stereocenters. The quantitative estimate of drug-likeness (QED) is 0.135. The molecule has 0 radical (unpaired) electrons. The molecule has 0 spiro atoms. The van der Waals surface area contributed by atoms with E-state index in [1.807, 2.05) is 43.3 Å². The van der Waals surface area contributed by atoms with E-state index in [0.29, 0.717) is 33.0 Å². The number of anilines is 1. The van der Waals surface area contributed by atoms with Gasteiger partial charge in [-0.1, -0.05) is 48.0 Å². The highest BCUT2D eigenvalue weighted by molar-refractivity contribution is 7.89. The van der Waals surface area contributed by atoms with Crippen LogP contribution >= 0.6 is 0 Å². The van der Waals surface area contributed by atoms with Crippen LogP contribution in [0.15, 0.2) is 71.6 Å². The number of methoxy groups -OCH3 is 2. The van der Waals surface area contributed by atoms with E-state index < -0.39 is 32.3 Å². The van der Waals surface area contributed by atoms with Crippen LogP contribution in [0, 0.1) is 6.92 Å². The van der Waals surface area contributed by atoms with Crippen LogP contribution in [0.2, 0.25) is 0 Å². The van der Waals surface area contributed by atoms with Crippen LogP contribution in [0.25, 0.3) is 0 Å². The maximum atomic E-state index is 14.2. The van der Waals surface area contributed by atoms with Gasteiger partial charge in [0.2, 0.25) is 10.0 Å². The lowest BCUT2D eigenvalue weighted by molar-refractivity contribution is -0.0249. The van der Waals surface area contributed by atoms with E-state index in [1.54, 1.807) is 38.5 Å². The number of rotatable bonds is 18. The van der Waals surface area contributed by atoms with E-state index in [4.69, 9.17) is 27.9 Å². The zero-order valence-corrected chi connectivity index (χ0v) is 31.5. The van der Waals surface area contributed by atoms with Crippen molar-refractivity contribution in [3.8, 4) is 5.75 Å². The number of piperidine rings is 1. The largest absolute Gasteiger partial charge is 0.490 e. The van der Waals surface area contributed by atoms with Crippen molar-refractivity contribution in [2.24, 2.45) is 0 Å². The maximum Gasteiger partial charge on any atom is 0.264 e. The minimum Gasteiger partial charge on any atom is -0.490 e. The van der Waals surface area contributed by atoms with Gasteiger partial charge in [-0.05, 0) is 60.7 Å². The zero-order chi connectivity index (χ0) is 36.4. The Morgan fingerprint density at radius 1 is 0.863 bits per heavy atom. The SMILES string of the molecule is COCCCN1CCOc2ccc(CO[C@H]3CN(S(=O)(=O)c4ccc(C)cc4)[C@H](COS(C)(=O)=O)C[C@@H]3c3ccc(COCCOC)cc3)cc21. The number of ether oxygens (including phenoxy) is 5. The summed E-state index contributed by atoms with van der Waals surface area (Å²) in [6.45, 7) is 6.06. The van der Waals surface area contributed by atoms with Crippen molar-refractivity contribution < 1.29 is 44.7 Å². The monoisotopic (exact) mass is 746 g/mol. The van der Waals surface area contributed by atoms with Gasteiger partial charge >= 0.3 is 0 Å². The molecule has 0 aliphatic carbocycles. The fourth-order valence-corrected chi connectivity index (χ4v) is 8.50. The second kappa shape index (κ2) is 18.1. The van der Waals surface area contributed by atoms with Crippen molar-refractivity contribution in [2.75, 3.05) is 78.0 Å². The number of benzene rings is 3. The van der Waals surface area contributed by atoms with E-state index in [0.717, 1.165) is 59.5 Å². The summed E-state index contributed by atoms with van der Waals surface area (Å²) in [5, 5.41) is 0. The van der Waals surface area contributed by atoms with Gasteiger partial charge in [0.05, 0.1) is 68.6 Å². The number of nitrogens with zero attached hydrogens (tertiary/aromatic N) is 2. The highest BCUT2D eigenvalue weighted by Crippen LogP contribution is 2.38. The van der Waals surface area contributed by atoms with Crippen LogP contribution in [0.1, 0.15) is 41.0 Å². The lowest BCUT2D eigenvalue weighted by Crippen LogP contribution is -2.54. The van der Waals surface area contributed by atoms with Crippen molar-refractivity contribution in [1.29, 1.82) is 0 Å². The third-order valence-corrected chi connectivity index (χ3v) is 11.7. The molecule has 0 bridgehead atoms. The molecule has 1 fully saturated rings. The molecule has 1 saturated heterocycles. The van der Waals surface area contributed by atoms with E-state index >= 15 is 0 Å². The summed E-state index contributed by atoms with van der Waals surface area (Å²) in [4.78, 5) is 2.41. The van der Waals surface area contributed by atoms with Gasteiger partial charge in [0.15, 0.2) is 0 Å². The molecule has 0 saturated carbocycles. The topological polar surface area (TPSA) is 130 Å². The number of hydrogen-bond donors (Lipinski definition) is 0. The fraction of sp³-hybridized carbons (Fsp3) is 0.514. The van der Waals surface area contributed by atoms with E-state index in [9.17, 15) is 16.8 Å². The fourth-order valence-electron chi connectivity index (χ4n) is 6.47. The second-order valence-electron chi connectivity index (χ2n) is 13.0. The number of sulfonamides is 1. The Morgan fingerprint density at radius 2 is 1.59 bits per heavy atom. The molecule has 5 rings (SSSR count). The summed E-state index contributed by atoms with van der Waals surface area (Å²) in [5.41, 5.74) is 4.76. The molecule has 14 heteroatoms. The summed E-state index contributed by atoms with van der Waals surface area (Å²) < 4.78 is 87.9. The first-order chi connectivity index (χ1) is 24.5. The molecule has 0 aromatic heterocycles. The first-order valence-corrected chi connectivity index (χ1v) is 20.4. The molecule has 2 aliphatic heterocycles. The average molecular weight is 747 g/mol. The van der Waals surface area contributed by atoms with Gasteiger partial charge < -0.3 is 28.6 Å². The number of fused-ring (bicyclic) bond motifs is 1. The molecule has 0 amide bonds. The average Bonchev–Trinajstić information content (AvgIpc) is 3.12. The Bertz CT molecular complexity index is 1770. The Balaban J connectivity index is 1.44. The summed E-state index contributed by atoms with van der Waals surface area (Å²) in [5.74, 6) is 0.547. The lowest BCUT2D eigenvalue weighted by atomic mass is 9.84. The van der Waals surface area contributed by atoms with Crippen LogP contribution < -0.4 is 9.64 Å². The van der Waals surface area contributed by atoms with Crippen LogP contribution in [0.3, 0.4) is 0 Å². The van der Waals surface area contributed by atoms with Gasteiger partial charge in [-0.3, -0.25) is 4.18 Å². The zero-order valence-electron chi connectivity index (χ0n) is 29.9. The van der Waals surface area contributed by atoms with Gasteiger partial charge in [-0.15, -0.1) is 0 Å². The molecule has 2 aliphatic rings. The first-order valence-electron chi connectivity index (χ1n) is 17.2. The normalized spacial score (nSPS) is 19.8. The molecule has 3 aromatic carbocycles. The van der Waals surface area contributed by atoms with Gasteiger partial charge in [-0.2, -0.15) is 12.7 Å². The smallest absolute Gasteiger partial charge is 0.264 e. The van der Waals surface area contributed by atoms with Crippen molar-refractivity contribution in [2.45, 2.75) is 55.9 Å². The number of aryl methyl sites for hydroxylation is 1. The minimum atomic E-state index is -4.05. The second-order valence-corrected chi connectivity index (χ2v) is 16.5. The van der Waals surface area contributed by atoms with Crippen LogP contribution in [-0.4, -0.2) is 106 Å². The Hall–Kier alpha value is -3.08. The van der Waals surface area contributed by atoms with Crippen molar-refractivity contribution in [1.82, 2.24) is 4.31 Å². The highest BCUT2D eigenvalue weighted by Gasteiger charge is 2.43. The Morgan fingerprint density at radius 3 is 2.29 bits per heavy atom. The van der Waals surface area contributed by atoms with Gasteiger partial charge in [0.25, 0.3) is 10.1 Å². The summed E-state index contributed by atoms with van der Waals surface area (Å²) in [6.07, 6.45) is 1.57. The molecule has 2 heterocycles. The molecule has 280 valence electrons. The van der Waals surface area contributed by atoms with Gasteiger partial charge in [0.1, 0.15) is 12.4 Å². The van der Waals surface area contributed by atoms with Gasteiger partial charge in [-0.25, -0.2) is 8.42 Å². The molecule has 51 heavy (non-hydrogen) atoms. The predicted octanol–water partition coefficient (Wildman–Crippen LogP) is 4.50. The molecule has 0 N–H and O–H groups in total. The van der Waals surface area contributed by atoms with E-state index in [-0.39, 0.29) is 37.0 Å². The minimum absolute atomic E-state index is 0.00224. The molecule has 3 aromatic rings. The van der Waals surface area contributed by atoms with Crippen LogP contribution in [0.4, 0.5) is 5.69 Å². The Kier molecular flexibility index (Phi) is 13.9. The van der Waals surface area contributed by atoms with Crippen molar-refractivity contribution >= 4 is 25.8 Å². The van der Waals surface area contributed by atoms with E-state index in [2.05, 4.69) is 11.0 Å². The predicted molar refractivity (Wildman–Crippen MR) is 194 cm³/mol. The van der Waals surface area contributed by atoms with Crippen molar-refractivity contribution in [3.63, 3.8) is 0 Å². The summed E-state index contributed by atoms with van der Waals surface area (Å²) in [7, 11) is -4.57. The highest BCUT2D eigenvalue weighted by atomic mass is 32.2. The van der Waals surface area contributed by atoms with E-state index in [1.165, 1.54) is 4.31 Å². The van der Waals surface area contributed by atoms with Crippen LogP contribution in [0.5, 0.6) is 5.75 Å². The molecular weight excluding hydrogens is 697 g/mol. The lowest BCUT2D eigenvalue weighted by Gasteiger charge is -2.43. The van der Waals surface area contributed by atoms with Crippen LogP contribution in [-0.2, 0) is 56.5 Å². The molecule has 12 nitrogen and oxygen atoms in total. The third-order valence-electron chi connectivity index (χ3n) is 9.18. The maximum absolute atomic E-state index is 14.2. The Labute approximate surface area is 302 Å². The molecule has 3 atom stereocenters. The molecular formula is C37H50N2O10S2. The van der Waals surface area contributed by atoms with Gasteiger partial charge in [0, 0.05) is 39.8 Å². The standard InChI is InChI=1S/C37H50N2O10S2/c1-28-6-13-33(14-7-28)51(42,43)39-24-37(48-26-30-10-15-36-35(22-30)38(17-19-47-36)16-5-18-44-2)34(23-32(39)27-49-50(4,40)41)31-11-8-29(9-12-31)25-46-21-20-45-3/h6-15,22,32,34,37H,5,16-21,23-27H2,1-4H3/t32-,34+,37-/m0/s1. The van der Waals surface area contributed by atoms with Crippen molar-refractivity contribution in [3.05, 3.63) is 89.0 Å². The summed E-state index contributed by atoms with van der Waals surface area (Å²) in [6, 6.07) is 19.8. The summed E-state index contributed by atoms with van der Waals surface area (Å²) >= 11 is 0. The number of hydrogen-bond acceptors (Lipinski definition) is 11. The first kappa shape index (κ1) is 39.1.